The molecule has 2 unspecified atom stereocenters. The molecule has 0 saturated heterocycles. The van der Waals surface area contributed by atoms with Gasteiger partial charge in [-0.25, -0.2) is 0 Å². The number of amidine groups is 1. The number of carbonyl (C=O) groups is 1. The van der Waals surface area contributed by atoms with E-state index < -0.39 is 5.92 Å². The zero-order valence-corrected chi connectivity index (χ0v) is 11.3. The van der Waals surface area contributed by atoms with Crippen LogP contribution in [0.4, 0.5) is 0 Å². The first-order chi connectivity index (χ1) is 9.08. The molecular formula is C14H21N3O2. The van der Waals surface area contributed by atoms with Crippen molar-refractivity contribution < 1.29 is 10.0 Å². The molecule has 1 aromatic carbocycles. The number of benzene rings is 1. The molecule has 5 heteroatoms. The molecule has 0 aliphatic carbocycles. The summed E-state index contributed by atoms with van der Waals surface area (Å²) < 4.78 is 0. The Hall–Kier alpha value is -2.04. The summed E-state index contributed by atoms with van der Waals surface area (Å²) in [6.07, 6.45) is 1.25. The van der Waals surface area contributed by atoms with Crippen LogP contribution in [0.2, 0.25) is 0 Å². The Kier molecular flexibility index (Phi) is 5.85. The Morgan fingerprint density at radius 1 is 1.42 bits per heavy atom. The van der Waals surface area contributed by atoms with Crippen molar-refractivity contribution in [1.82, 2.24) is 5.32 Å². The Labute approximate surface area is 113 Å². The van der Waals surface area contributed by atoms with Crippen molar-refractivity contribution in [2.75, 3.05) is 0 Å². The average molecular weight is 263 g/mol. The third kappa shape index (κ3) is 4.62. The average Bonchev–Trinajstić information content (AvgIpc) is 2.40. The van der Waals surface area contributed by atoms with E-state index >= 15 is 0 Å². The van der Waals surface area contributed by atoms with E-state index in [2.05, 4.69) is 10.5 Å². The molecule has 0 saturated carbocycles. The highest BCUT2D eigenvalue weighted by molar-refractivity contribution is 6.02. The molecule has 1 rings (SSSR count). The van der Waals surface area contributed by atoms with Gasteiger partial charge in [0, 0.05) is 6.04 Å². The van der Waals surface area contributed by atoms with Crippen molar-refractivity contribution in [2.24, 2.45) is 16.8 Å². The highest BCUT2D eigenvalue weighted by Gasteiger charge is 2.22. The van der Waals surface area contributed by atoms with E-state index in [0.717, 1.165) is 12.0 Å². The van der Waals surface area contributed by atoms with Gasteiger partial charge in [-0.05, 0) is 25.3 Å². The zero-order valence-electron chi connectivity index (χ0n) is 11.3. The number of carbonyl (C=O) groups excluding carboxylic acids is 1. The first-order valence-electron chi connectivity index (χ1n) is 6.40. The van der Waals surface area contributed by atoms with E-state index in [0.29, 0.717) is 6.42 Å². The summed E-state index contributed by atoms with van der Waals surface area (Å²) in [4.78, 5) is 12.0. The molecule has 5 nitrogen and oxygen atoms in total. The van der Waals surface area contributed by atoms with Crippen molar-refractivity contribution in [2.45, 2.75) is 32.7 Å². The van der Waals surface area contributed by atoms with Gasteiger partial charge in [0.15, 0.2) is 5.84 Å². The maximum absolute atomic E-state index is 12.0. The van der Waals surface area contributed by atoms with E-state index in [9.17, 15) is 4.79 Å². The fourth-order valence-electron chi connectivity index (χ4n) is 1.96. The van der Waals surface area contributed by atoms with Gasteiger partial charge < -0.3 is 16.3 Å². The van der Waals surface area contributed by atoms with E-state index in [-0.39, 0.29) is 17.8 Å². The first-order valence-corrected chi connectivity index (χ1v) is 6.40. The second-order valence-corrected chi connectivity index (χ2v) is 4.59. The summed E-state index contributed by atoms with van der Waals surface area (Å²) in [5, 5.41) is 14.4. The minimum absolute atomic E-state index is 0.00422. The minimum Gasteiger partial charge on any atom is -0.409 e. The monoisotopic (exact) mass is 263 g/mol. The molecule has 0 spiro atoms. The molecule has 4 N–H and O–H groups in total. The smallest absolute Gasteiger partial charge is 0.231 e. The predicted octanol–water partition coefficient (Wildman–Crippen LogP) is 1.51. The Morgan fingerprint density at radius 2 is 2.05 bits per heavy atom. The summed E-state index contributed by atoms with van der Waals surface area (Å²) in [6, 6.07) is 9.92. The largest absolute Gasteiger partial charge is 0.409 e. The molecule has 104 valence electrons. The fraction of sp³-hybridized carbons (Fsp3) is 0.429. The third-order valence-electron chi connectivity index (χ3n) is 2.97. The molecule has 0 heterocycles. The van der Waals surface area contributed by atoms with Gasteiger partial charge in [0.2, 0.25) is 5.91 Å². The minimum atomic E-state index is -0.580. The normalized spacial score (nSPS) is 14.7. The van der Waals surface area contributed by atoms with Gasteiger partial charge in [-0.2, -0.15) is 0 Å². The maximum Gasteiger partial charge on any atom is 0.231 e. The molecule has 0 radical (unpaired) electrons. The summed E-state index contributed by atoms with van der Waals surface area (Å²) in [5.41, 5.74) is 6.66. The van der Waals surface area contributed by atoms with Crippen LogP contribution in [0.1, 0.15) is 25.8 Å². The van der Waals surface area contributed by atoms with Crippen molar-refractivity contribution in [3.63, 3.8) is 0 Å². The molecule has 0 fully saturated rings. The number of amides is 1. The van der Waals surface area contributed by atoms with Crippen LogP contribution in [0.3, 0.4) is 0 Å². The number of nitrogens with zero attached hydrogens (tertiary/aromatic N) is 1. The van der Waals surface area contributed by atoms with Crippen LogP contribution < -0.4 is 11.1 Å². The fourth-order valence-corrected chi connectivity index (χ4v) is 1.96. The van der Waals surface area contributed by atoms with Crippen LogP contribution in [-0.2, 0) is 11.2 Å². The van der Waals surface area contributed by atoms with Crippen molar-refractivity contribution in [3.05, 3.63) is 35.9 Å². The molecule has 0 aromatic heterocycles. The van der Waals surface area contributed by atoms with Crippen LogP contribution in [0.25, 0.3) is 0 Å². The SMILES string of the molecule is CCC(C(=O)NC(C)Cc1ccccc1)C(N)=NO. The van der Waals surface area contributed by atoms with E-state index in [1.54, 1.807) is 0 Å². The van der Waals surface area contributed by atoms with Gasteiger partial charge in [0.05, 0.1) is 5.92 Å². The van der Waals surface area contributed by atoms with E-state index in [4.69, 9.17) is 10.9 Å². The topological polar surface area (TPSA) is 87.7 Å². The lowest BCUT2D eigenvalue weighted by Gasteiger charge is -2.18. The van der Waals surface area contributed by atoms with Crippen molar-refractivity contribution in [3.8, 4) is 0 Å². The number of hydrogen-bond acceptors (Lipinski definition) is 3. The molecule has 1 aromatic rings. The van der Waals surface area contributed by atoms with Crippen LogP contribution in [0.5, 0.6) is 0 Å². The lowest BCUT2D eigenvalue weighted by Crippen LogP contribution is -2.43. The summed E-state index contributed by atoms with van der Waals surface area (Å²) >= 11 is 0. The molecule has 0 aliphatic rings. The van der Waals surface area contributed by atoms with Crippen LogP contribution in [-0.4, -0.2) is 23.0 Å². The standard InChI is InChI=1S/C14H21N3O2/c1-3-12(13(15)17-19)14(18)16-10(2)9-11-7-5-4-6-8-11/h4-8,10,12,19H,3,9H2,1-2H3,(H2,15,17)(H,16,18). The zero-order chi connectivity index (χ0) is 14.3. The van der Waals surface area contributed by atoms with Gasteiger partial charge >= 0.3 is 0 Å². The van der Waals surface area contributed by atoms with Gasteiger partial charge in [-0.3, -0.25) is 4.79 Å². The molecular weight excluding hydrogens is 242 g/mol. The maximum atomic E-state index is 12.0. The van der Waals surface area contributed by atoms with Crippen LogP contribution in [0, 0.1) is 5.92 Å². The van der Waals surface area contributed by atoms with Gasteiger partial charge in [-0.15, -0.1) is 0 Å². The number of nitrogens with two attached hydrogens (primary N) is 1. The number of oxime groups is 1. The second kappa shape index (κ2) is 7.41. The molecule has 2 atom stereocenters. The predicted molar refractivity (Wildman–Crippen MR) is 74.9 cm³/mol. The lowest BCUT2D eigenvalue weighted by atomic mass is 10.0. The first kappa shape index (κ1) is 15.0. The van der Waals surface area contributed by atoms with Gasteiger partial charge in [0.1, 0.15) is 0 Å². The third-order valence-corrected chi connectivity index (χ3v) is 2.97. The molecule has 19 heavy (non-hydrogen) atoms. The lowest BCUT2D eigenvalue weighted by molar-refractivity contribution is -0.123. The summed E-state index contributed by atoms with van der Waals surface area (Å²) in [6.45, 7) is 3.76. The molecule has 0 bridgehead atoms. The Morgan fingerprint density at radius 3 is 2.58 bits per heavy atom. The van der Waals surface area contributed by atoms with E-state index in [1.165, 1.54) is 0 Å². The quantitative estimate of drug-likeness (QED) is 0.314. The van der Waals surface area contributed by atoms with Gasteiger partial charge in [0.25, 0.3) is 0 Å². The number of nitrogens with one attached hydrogen (secondary N) is 1. The van der Waals surface area contributed by atoms with Crippen LogP contribution in [0.15, 0.2) is 35.5 Å². The van der Waals surface area contributed by atoms with E-state index in [1.807, 2.05) is 44.2 Å². The summed E-state index contributed by atoms with van der Waals surface area (Å²) in [7, 11) is 0. The highest BCUT2D eigenvalue weighted by Crippen LogP contribution is 2.06. The second-order valence-electron chi connectivity index (χ2n) is 4.59. The van der Waals surface area contributed by atoms with Gasteiger partial charge in [-0.1, -0.05) is 42.4 Å². The van der Waals surface area contributed by atoms with Crippen molar-refractivity contribution >= 4 is 11.7 Å². The molecule has 1 amide bonds. The Bertz CT molecular complexity index is 432. The van der Waals surface area contributed by atoms with Crippen molar-refractivity contribution in [1.29, 1.82) is 0 Å². The Balaban J connectivity index is 2.56. The highest BCUT2D eigenvalue weighted by atomic mass is 16.4. The number of hydrogen-bond donors (Lipinski definition) is 3. The summed E-state index contributed by atoms with van der Waals surface area (Å²) in [5.74, 6) is -0.837. The molecule has 0 aliphatic heterocycles. The number of rotatable bonds is 6. The van der Waals surface area contributed by atoms with Crippen LogP contribution >= 0.6 is 0 Å².